The van der Waals surface area contributed by atoms with E-state index in [1.54, 1.807) is 31.2 Å². The van der Waals surface area contributed by atoms with Gasteiger partial charge in [0.05, 0.1) is 26.4 Å². The zero-order chi connectivity index (χ0) is 20.3. The Morgan fingerprint density at radius 2 is 1.82 bits per heavy atom. The van der Waals surface area contributed by atoms with Gasteiger partial charge in [0.1, 0.15) is 5.82 Å². The molecule has 0 radical (unpaired) electrons. The number of urea groups is 1. The van der Waals surface area contributed by atoms with Crippen LogP contribution in [-0.4, -0.2) is 43.4 Å². The quantitative estimate of drug-likeness (QED) is 0.878. The number of hydrogen-bond acceptors (Lipinski definition) is 5. The van der Waals surface area contributed by atoms with E-state index in [1.165, 1.54) is 26.4 Å². The molecule has 0 unspecified atom stereocenters. The van der Waals surface area contributed by atoms with Gasteiger partial charge in [0.2, 0.25) is 0 Å². The smallest absolute Gasteiger partial charge is 0.345 e. The number of hydrogen-bond donors (Lipinski definition) is 1. The standard InChI is InChI=1S/C20H20FN3O4/c1-4-22-20(26)24-18(25)10-13-9-16(27-2)17(28-3)11-15(13)19(23-24)12-5-7-14(21)8-6-12/h5-9,11H,4,10H2,1-3H3,(H,22,26). The van der Waals surface area contributed by atoms with Gasteiger partial charge < -0.3 is 14.8 Å². The molecular formula is C20H20FN3O4. The van der Waals surface area contributed by atoms with Crippen molar-refractivity contribution in [3.8, 4) is 11.5 Å². The van der Waals surface area contributed by atoms with Crippen molar-refractivity contribution in [3.05, 3.63) is 58.9 Å². The van der Waals surface area contributed by atoms with Gasteiger partial charge in [-0.3, -0.25) is 4.79 Å². The molecule has 146 valence electrons. The first kappa shape index (κ1) is 19.3. The van der Waals surface area contributed by atoms with Gasteiger partial charge in [-0.2, -0.15) is 5.10 Å². The number of hydrazone groups is 1. The Labute approximate surface area is 161 Å². The van der Waals surface area contributed by atoms with E-state index < -0.39 is 17.8 Å². The van der Waals surface area contributed by atoms with Crippen LogP contribution < -0.4 is 14.8 Å². The first-order valence-corrected chi connectivity index (χ1v) is 8.69. The molecule has 28 heavy (non-hydrogen) atoms. The van der Waals surface area contributed by atoms with Gasteiger partial charge in [-0.05, 0) is 48.9 Å². The minimum absolute atomic E-state index is 0.0545. The van der Waals surface area contributed by atoms with E-state index >= 15 is 0 Å². The van der Waals surface area contributed by atoms with Crippen LogP contribution in [0.25, 0.3) is 0 Å². The second-order valence-corrected chi connectivity index (χ2v) is 6.04. The Morgan fingerprint density at radius 1 is 1.18 bits per heavy atom. The summed E-state index contributed by atoms with van der Waals surface area (Å²) in [5, 5.41) is 7.70. The predicted octanol–water partition coefficient (Wildman–Crippen LogP) is 2.71. The molecule has 8 heteroatoms. The van der Waals surface area contributed by atoms with Crippen molar-refractivity contribution in [1.82, 2.24) is 10.3 Å². The Morgan fingerprint density at radius 3 is 2.43 bits per heavy atom. The third kappa shape index (κ3) is 3.66. The summed E-state index contributed by atoms with van der Waals surface area (Å²) in [6.07, 6.45) is -0.0545. The summed E-state index contributed by atoms with van der Waals surface area (Å²) in [6.45, 7) is 2.09. The minimum atomic E-state index is -0.626. The third-order valence-electron chi connectivity index (χ3n) is 4.28. The van der Waals surface area contributed by atoms with Gasteiger partial charge in [0.25, 0.3) is 5.91 Å². The van der Waals surface area contributed by atoms with Crippen LogP contribution in [0.15, 0.2) is 41.5 Å². The maximum atomic E-state index is 13.4. The summed E-state index contributed by atoms with van der Waals surface area (Å²) in [5.41, 5.74) is 2.13. The number of rotatable bonds is 4. The van der Waals surface area contributed by atoms with Crippen molar-refractivity contribution in [2.24, 2.45) is 5.10 Å². The van der Waals surface area contributed by atoms with Crippen molar-refractivity contribution >= 4 is 17.6 Å². The average molecular weight is 385 g/mol. The summed E-state index contributed by atoms with van der Waals surface area (Å²) < 4.78 is 24.1. The van der Waals surface area contributed by atoms with Crippen molar-refractivity contribution in [2.75, 3.05) is 20.8 Å². The summed E-state index contributed by atoms with van der Waals surface area (Å²) in [7, 11) is 3.00. The number of imide groups is 1. The van der Waals surface area contributed by atoms with Crippen LogP contribution in [-0.2, 0) is 11.2 Å². The molecule has 0 bridgehead atoms. The topological polar surface area (TPSA) is 80.2 Å². The largest absolute Gasteiger partial charge is 0.493 e. The van der Waals surface area contributed by atoms with E-state index in [-0.39, 0.29) is 6.42 Å². The lowest BCUT2D eigenvalue weighted by atomic mass is 9.95. The first-order valence-electron chi connectivity index (χ1n) is 8.69. The molecule has 1 aliphatic heterocycles. The second kappa shape index (κ2) is 8.08. The molecule has 2 aromatic rings. The van der Waals surface area contributed by atoms with Crippen LogP contribution in [0, 0.1) is 5.82 Å². The molecule has 1 N–H and O–H groups in total. The molecule has 7 nitrogen and oxygen atoms in total. The van der Waals surface area contributed by atoms with Gasteiger partial charge in [-0.15, -0.1) is 5.01 Å². The Balaban J connectivity index is 2.22. The lowest BCUT2D eigenvalue weighted by Crippen LogP contribution is -2.41. The van der Waals surface area contributed by atoms with Crippen LogP contribution in [0.1, 0.15) is 23.6 Å². The second-order valence-electron chi connectivity index (χ2n) is 6.04. The molecule has 0 saturated carbocycles. The Kier molecular flexibility index (Phi) is 5.58. The first-order chi connectivity index (χ1) is 13.5. The van der Waals surface area contributed by atoms with Gasteiger partial charge in [-0.1, -0.05) is 0 Å². The number of fused-ring (bicyclic) bond motifs is 1. The molecular weight excluding hydrogens is 365 g/mol. The number of benzene rings is 2. The van der Waals surface area contributed by atoms with Crippen LogP contribution in [0.5, 0.6) is 11.5 Å². The number of amides is 3. The van der Waals surface area contributed by atoms with E-state index in [0.717, 1.165) is 5.01 Å². The van der Waals surface area contributed by atoms with Crippen LogP contribution in [0.3, 0.4) is 0 Å². The lowest BCUT2D eigenvalue weighted by molar-refractivity contribution is -0.127. The maximum Gasteiger partial charge on any atom is 0.345 e. The number of methoxy groups -OCH3 is 2. The van der Waals surface area contributed by atoms with Crippen molar-refractivity contribution < 1.29 is 23.5 Å². The fraction of sp³-hybridized carbons (Fsp3) is 0.250. The predicted molar refractivity (Wildman–Crippen MR) is 101 cm³/mol. The van der Waals surface area contributed by atoms with Crippen molar-refractivity contribution in [2.45, 2.75) is 13.3 Å². The highest BCUT2D eigenvalue weighted by molar-refractivity contribution is 6.16. The van der Waals surface area contributed by atoms with Crippen LogP contribution in [0.4, 0.5) is 9.18 Å². The summed E-state index contributed by atoms with van der Waals surface area (Å²) in [6, 6.07) is 8.43. The van der Waals surface area contributed by atoms with Crippen LogP contribution >= 0.6 is 0 Å². The molecule has 0 atom stereocenters. The number of carbonyl (C=O) groups excluding carboxylic acids is 2. The minimum Gasteiger partial charge on any atom is -0.493 e. The fourth-order valence-corrected chi connectivity index (χ4v) is 2.94. The van der Waals surface area contributed by atoms with E-state index in [2.05, 4.69) is 10.4 Å². The number of nitrogens with one attached hydrogen (secondary N) is 1. The SMILES string of the molecule is CCNC(=O)N1N=C(c2ccc(F)cc2)c2cc(OC)c(OC)cc2CC1=O. The molecule has 0 fully saturated rings. The van der Waals surface area contributed by atoms with Gasteiger partial charge in [0, 0.05) is 17.7 Å². The van der Waals surface area contributed by atoms with Gasteiger partial charge in [0.15, 0.2) is 11.5 Å². The Bertz CT molecular complexity index is 941. The Hall–Kier alpha value is -3.42. The molecule has 0 spiro atoms. The average Bonchev–Trinajstić information content (AvgIpc) is 2.83. The van der Waals surface area contributed by atoms with Crippen LogP contribution in [0.2, 0.25) is 0 Å². The highest BCUT2D eigenvalue weighted by Gasteiger charge is 2.29. The van der Waals surface area contributed by atoms with E-state index in [9.17, 15) is 14.0 Å². The van der Waals surface area contributed by atoms with E-state index in [0.29, 0.717) is 40.4 Å². The van der Waals surface area contributed by atoms with Crippen molar-refractivity contribution in [3.63, 3.8) is 0 Å². The zero-order valence-corrected chi connectivity index (χ0v) is 15.8. The monoisotopic (exact) mass is 385 g/mol. The lowest BCUT2D eigenvalue weighted by Gasteiger charge is -2.15. The highest BCUT2D eigenvalue weighted by atomic mass is 19.1. The molecule has 1 heterocycles. The van der Waals surface area contributed by atoms with Gasteiger partial charge >= 0.3 is 6.03 Å². The number of ether oxygens (including phenoxy) is 2. The maximum absolute atomic E-state index is 13.4. The number of nitrogens with zero attached hydrogens (tertiary/aromatic N) is 2. The highest BCUT2D eigenvalue weighted by Crippen LogP contribution is 2.33. The summed E-state index contributed by atoms with van der Waals surface area (Å²) >= 11 is 0. The molecule has 0 aliphatic carbocycles. The number of carbonyl (C=O) groups is 2. The molecule has 0 aromatic heterocycles. The molecule has 3 rings (SSSR count). The zero-order valence-electron chi connectivity index (χ0n) is 15.8. The normalized spacial score (nSPS) is 13.4. The molecule has 1 aliphatic rings. The molecule has 3 amide bonds. The molecule has 2 aromatic carbocycles. The van der Waals surface area contributed by atoms with E-state index in [4.69, 9.17) is 9.47 Å². The van der Waals surface area contributed by atoms with E-state index in [1.807, 2.05) is 0 Å². The molecule has 0 saturated heterocycles. The fourth-order valence-electron chi connectivity index (χ4n) is 2.94. The van der Waals surface area contributed by atoms with Crippen molar-refractivity contribution in [1.29, 1.82) is 0 Å². The van der Waals surface area contributed by atoms with Gasteiger partial charge in [-0.25, -0.2) is 9.18 Å². The summed E-state index contributed by atoms with van der Waals surface area (Å²) in [4.78, 5) is 25.1. The summed E-state index contributed by atoms with van der Waals surface area (Å²) in [5.74, 6) is 0.0210. The number of halogens is 1. The third-order valence-corrected chi connectivity index (χ3v) is 4.28.